The zero-order chi connectivity index (χ0) is 18.5. The Morgan fingerprint density at radius 1 is 1.38 bits per heavy atom. The molecule has 0 unspecified atom stereocenters. The maximum absolute atomic E-state index is 12.4. The van der Waals surface area contributed by atoms with Crippen LogP contribution in [-0.2, 0) is 4.79 Å². The molecular weight excluding hydrogens is 300 g/mol. The van der Waals surface area contributed by atoms with E-state index in [-0.39, 0.29) is 5.91 Å². The van der Waals surface area contributed by atoms with Crippen LogP contribution in [0.15, 0.2) is 47.6 Å². The molecule has 0 aliphatic carbocycles. The van der Waals surface area contributed by atoms with Gasteiger partial charge < -0.3 is 10.6 Å². The summed E-state index contributed by atoms with van der Waals surface area (Å²) in [5, 5.41) is 14.9. The first-order chi connectivity index (χ1) is 11.6. The fourth-order valence-electron chi connectivity index (χ4n) is 1.96. The monoisotopic (exact) mass is 326 g/mol. The number of aliphatic imine (C=N–C) groups is 1. The largest absolute Gasteiger partial charge is 0.384 e. The van der Waals surface area contributed by atoms with E-state index in [1.54, 1.807) is 38.1 Å². The van der Waals surface area contributed by atoms with Crippen LogP contribution in [0.1, 0.15) is 40.2 Å². The van der Waals surface area contributed by atoms with Gasteiger partial charge in [-0.3, -0.25) is 9.79 Å². The highest BCUT2D eigenvalue weighted by Crippen LogP contribution is 2.23. The summed E-state index contributed by atoms with van der Waals surface area (Å²) in [6, 6.07) is 7.16. The third-order valence-corrected chi connectivity index (χ3v) is 2.97. The SMILES string of the molecule is C=CN=C(C)/C(=C\C)C(=O)Nc1ccc(C#N)cc1NCC.CC. The zero-order valence-corrected chi connectivity index (χ0v) is 15.1. The van der Waals surface area contributed by atoms with Crippen LogP contribution in [0.5, 0.6) is 0 Å². The first kappa shape index (κ1) is 21.1. The molecule has 5 nitrogen and oxygen atoms in total. The van der Waals surface area contributed by atoms with Gasteiger partial charge in [0.2, 0.25) is 0 Å². The third-order valence-electron chi connectivity index (χ3n) is 2.97. The van der Waals surface area contributed by atoms with E-state index in [9.17, 15) is 4.79 Å². The minimum atomic E-state index is -0.255. The molecule has 0 bridgehead atoms. The van der Waals surface area contributed by atoms with E-state index in [0.29, 0.717) is 34.8 Å². The van der Waals surface area contributed by atoms with Crippen molar-refractivity contribution < 1.29 is 4.79 Å². The summed E-state index contributed by atoms with van der Waals surface area (Å²) in [5.41, 5.74) is 2.94. The number of carbonyl (C=O) groups excluding carboxylic acids is 1. The standard InChI is InChI=1S/C17H20N4O.C2H6/c1-5-14(12(4)19-6-2)17(22)21-15-9-8-13(11-18)10-16(15)20-7-3;1-2/h5-6,8-10,20H,2,7H2,1,3-4H3,(H,21,22);1-2H3/b14-5+,19-12?;. The van der Waals surface area contributed by atoms with Crippen molar-refractivity contribution in [2.45, 2.75) is 34.6 Å². The average Bonchev–Trinajstić information content (AvgIpc) is 2.59. The summed E-state index contributed by atoms with van der Waals surface area (Å²) in [7, 11) is 0. The maximum atomic E-state index is 12.4. The van der Waals surface area contributed by atoms with Crippen molar-refractivity contribution in [1.82, 2.24) is 0 Å². The predicted octanol–water partition coefficient (Wildman–Crippen LogP) is 4.51. The summed E-state index contributed by atoms with van der Waals surface area (Å²) < 4.78 is 0. The highest BCUT2D eigenvalue weighted by Gasteiger charge is 2.14. The van der Waals surface area contributed by atoms with Crippen molar-refractivity contribution in [3.8, 4) is 6.07 Å². The van der Waals surface area contributed by atoms with Crippen LogP contribution >= 0.6 is 0 Å². The quantitative estimate of drug-likeness (QED) is 0.596. The van der Waals surface area contributed by atoms with Gasteiger partial charge in [-0.15, -0.1) is 0 Å². The Morgan fingerprint density at radius 3 is 2.54 bits per heavy atom. The summed E-state index contributed by atoms with van der Waals surface area (Å²) in [6.07, 6.45) is 3.10. The van der Waals surface area contributed by atoms with Crippen molar-refractivity contribution >= 4 is 23.0 Å². The lowest BCUT2D eigenvalue weighted by Crippen LogP contribution is -2.20. The summed E-state index contributed by atoms with van der Waals surface area (Å²) in [5.74, 6) is -0.255. The van der Waals surface area contributed by atoms with Crippen LogP contribution in [0.3, 0.4) is 0 Å². The molecule has 0 saturated carbocycles. The molecule has 0 radical (unpaired) electrons. The lowest BCUT2D eigenvalue weighted by molar-refractivity contribution is -0.112. The molecule has 0 aromatic heterocycles. The number of benzene rings is 1. The first-order valence-electron chi connectivity index (χ1n) is 7.98. The molecule has 5 heteroatoms. The molecule has 128 valence electrons. The molecular formula is C19H26N4O. The van der Waals surface area contributed by atoms with E-state index in [0.717, 1.165) is 0 Å². The van der Waals surface area contributed by atoms with Gasteiger partial charge in [-0.1, -0.05) is 26.5 Å². The van der Waals surface area contributed by atoms with E-state index in [1.807, 2.05) is 20.8 Å². The number of anilines is 2. The number of rotatable bonds is 6. The van der Waals surface area contributed by atoms with Gasteiger partial charge in [0.05, 0.1) is 28.6 Å². The number of nitrogens with zero attached hydrogens (tertiary/aromatic N) is 2. The first-order valence-corrected chi connectivity index (χ1v) is 7.98. The second-order valence-corrected chi connectivity index (χ2v) is 4.46. The van der Waals surface area contributed by atoms with E-state index in [1.165, 1.54) is 6.20 Å². The van der Waals surface area contributed by atoms with Crippen LogP contribution in [0.25, 0.3) is 0 Å². The number of amides is 1. The Hall–Kier alpha value is -2.87. The van der Waals surface area contributed by atoms with Crippen molar-refractivity contribution in [2.75, 3.05) is 17.2 Å². The number of hydrogen-bond donors (Lipinski definition) is 2. The highest BCUT2D eigenvalue weighted by atomic mass is 16.1. The van der Waals surface area contributed by atoms with E-state index in [4.69, 9.17) is 5.26 Å². The second-order valence-electron chi connectivity index (χ2n) is 4.46. The summed E-state index contributed by atoms with van der Waals surface area (Å²) >= 11 is 0. The number of nitriles is 1. The van der Waals surface area contributed by atoms with Crippen molar-refractivity contribution in [1.29, 1.82) is 5.26 Å². The Kier molecular flexibility index (Phi) is 10.3. The van der Waals surface area contributed by atoms with Crippen molar-refractivity contribution in [3.63, 3.8) is 0 Å². The maximum Gasteiger partial charge on any atom is 0.257 e. The molecule has 0 saturated heterocycles. The number of hydrogen-bond acceptors (Lipinski definition) is 4. The zero-order valence-electron chi connectivity index (χ0n) is 15.1. The minimum absolute atomic E-state index is 0.255. The third kappa shape index (κ3) is 6.09. The van der Waals surface area contributed by atoms with Gasteiger partial charge in [0.25, 0.3) is 5.91 Å². The van der Waals surface area contributed by atoms with Crippen LogP contribution < -0.4 is 10.6 Å². The molecule has 0 aliphatic heterocycles. The van der Waals surface area contributed by atoms with Crippen molar-refractivity contribution in [3.05, 3.63) is 48.2 Å². The molecule has 1 amide bonds. The van der Waals surface area contributed by atoms with Crippen LogP contribution in [0.2, 0.25) is 0 Å². The Bertz CT molecular complexity index is 666. The van der Waals surface area contributed by atoms with Gasteiger partial charge in [0.1, 0.15) is 0 Å². The Labute approximate surface area is 144 Å². The van der Waals surface area contributed by atoms with Gasteiger partial charge in [-0.05, 0) is 39.0 Å². The summed E-state index contributed by atoms with van der Waals surface area (Å²) in [4.78, 5) is 16.4. The molecule has 1 aromatic rings. The molecule has 0 fully saturated rings. The second kappa shape index (κ2) is 11.7. The minimum Gasteiger partial charge on any atom is -0.384 e. The normalized spacial score (nSPS) is 10.8. The lowest BCUT2D eigenvalue weighted by atomic mass is 10.1. The summed E-state index contributed by atoms with van der Waals surface area (Å²) in [6.45, 7) is 13.7. The molecule has 0 spiro atoms. The number of allylic oxidation sites excluding steroid dienone is 1. The molecule has 2 N–H and O–H groups in total. The molecule has 1 aromatic carbocycles. The van der Waals surface area contributed by atoms with Gasteiger partial charge >= 0.3 is 0 Å². The molecule has 1 rings (SSSR count). The predicted molar refractivity (Wildman–Crippen MR) is 102 cm³/mol. The number of carbonyl (C=O) groups is 1. The average molecular weight is 326 g/mol. The Balaban J connectivity index is 0.00000254. The van der Waals surface area contributed by atoms with Gasteiger partial charge in [-0.2, -0.15) is 5.26 Å². The molecule has 24 heavy (non-hydrogen) atoms. The Morgan fingerprint density at radius 2 is 2.04 bits per heavy atom. The van der Waals surface area contributed by atoms with E-state index in [2.05, 4.69) is 28.3 Å². The lowest BCUT2D eigenvalue weighted by Gasteiger charge is -2.13. The van der Waals surface area contributed by atoms with Crippen LogP contribution in [0, 0.1) is 11.3 Å². The van der Waals surface area contributed by atoms with Gasteiger partial charge in [0, 0.05) is 18.5 Å². The number of nitrogens with one attached hydrogen (secondary N) is 2. The van der Waals surface area contributed by atoms with Crippen LogP contribution in [-0.4, -0.2) is 18.2 Å². The topological polar surface area (TPSA) is 77.3 Å². The van der Waals surface area contributed by atoms with E-state index >= 15 is 0 Å². The van der Waals surface area contributed by atoms with Crippen LogP contribution in [0.4, 0.5) is 11.4 Å². The molecule has 0 atom stereocenters. The highest BCUT2D eigenvalue weighted by molar-refractivity contribution is 6.25. The fraction of sp³-hybridized carbons (Fsp3) is 0.316. The molecule has 0 aliphatic rings. The van der Waals surface area contributed by atoms with Crippen molar-refractivity contribution in [2.24, 2.45) is 4.99 Å². The molecule has 0 heterocycles. The van der Waals surface area contributed by atoms with Gasteiger partial charge in [-0.25, -0.2) is 0 Å². The van der Waals surface area contributed by atoms with Gasteiger partial charge in [0.15, 0.2) is 0 Å². The smallest absolute Gasteiger partial charge is 0.257 e. The van der Waals surface area contributed by atoms with E-state index < -0.39 is 0 Å². The fourth-order valence-corrected chi connectivity index (χ4v) is 1.96.